The van der Waals surface area contributed by atoms with E-state index in [1.165, 1.54) is 0 Å². The third-order valence-corrected chi connectivity index (χ3v) is 5.09. The average Bonchev–Trinajstić information content (AvgIpc) is 3.16. The van der Waals surface area contributed by atoms with Crippen molar-refractivity contribution in [3.05, 3.63) is 94.6 Å². The number of hydrogen-bond acceptors (Lipinski definition) is 2. The Morgan fingerprint density at radius 2 is 1.83 bits per heavy atom. The van der Waals surface area contributed by atoms with Gasteiger partial charge in [-0.1, -0.05) is 35.9 Å². The molecule has 2 N–H and O–H groups in total. The van der Waals surface area contributed by atoms with Gasteiger partial charge in [-0.2, -0.15) is 5.26 Å². The summed E-state index contributed by atoms with van der Waals surface area (Å²) in [5.74, 6) is -0.124. The molecule has 1 heterocycles. The molecule has 0 unspecified atom stereocenters. The molecule has 3 aromatic carbocycles. The van der Waals surface area contributed by atoms with Gasteiger partial charge in [-0.15, -0.1) is 0 Å². The van der Waals surface area contributed by atoms with Crippen LogP contribution < -0.4 is 5.32 Å². The first-order valence-corrected chi connectivity index (χ1v) is 9.66. The van der Waals surface area contributed by atoms with Crippen molar-refractivity contribution in [2.75, 3.05) is 6.54 Å². The highest BCUT2D eigenvalue weighted by molar-refractivity contribution is 6.31. The highest BCUT2D eigenvalue weighted by atomic mass is 35.5. The van der Waals surface area contributed by atoms with Crippen LogP contribution in [0.4, 0.5) is 0 Å². The van der Waals surface area contributed by atoms with Crippen LogP contribution in [-0.2, 0) is 6.42 Å². The van der Waals surface area contributed by atoms with E-state index in [1.54, 1.807) is 12.1 Å². The summed E-state index contributed by atoms with van der Waals surface area (Å²) < 4.78 is 0. The van der Waals surface area contributed by atoms with E-state index < -0.39 is 0 Å². The molecule has 1 amide bonds. The molecule has 0 atom stereocenters. The number of aromatic amines is 1. The molecule has 0 aliphatic rings. The van der Waals surface area contributed by atoms with Crippen molar-refractivity contribution in [1.82, 2.24) is 10.3 Å². The minimum Gasteiger partial charge on any atom is -0.361 e. The Kier molecular flexibility index (Phi) is 5.33. The lowest BCUT2D eigenvalue weighted by Crippen LogP contribution is -2.25. The number of nitrogens with zero attached hydrogens (tertiary/aromatic N) is 1. The molecular formula is C24H18ClN3O. The minimum absolute atomic E-state index is 0.124. The van der Waals surface area contributed by atoms with Crippen molar-refractivity contribution in [2.45, 2.75) is 6.42 Å². The average molecular weight is 400 g/mol. The van der Waals surface area contributed by atoms with Crippen LogP contribution in [0.2, 0.25) is 5.02 Å². The molecule has 0 aliphatic carbocycles. The minimum atomic E-state index is -0.124. The maximum absolute atomic E-state index is 12.6. The van der Waals surface area contributed by atoms with Crippen molar-refractivity contribution in [2.24, 2.45) is 0 Å². The van der Waals surface area contributed by atoms with Crippen molar-refractivity contribution >= 4 is 28.4 Å². The van der Waals surface area contributed by atoms with Crippen molar-refractivity contribution in [3.8, 4) is 17.2 Å². The lowest BCUT2D eigenvalue weighted by molar-refractivity contribution is 0.0954. The summed E-state index contributed by atoms with van der Waals surface area (Å²) in [4.78, 5) is 15.8. The van der Waals surface area contributed by atoms with Crippen molar-refractivity contribution in [3.63, 3.8) is 0 Å². The predicted molar refractivity (Wildman–Crippen MR) is 116 cm³/mol. The maximum atomic E-state index is 12.6. The van der Waals surface area contributed by atoms with Crippen LogP contribution in [0.1, 0.15) is 21.5 Å². The fraction of sp³-hybridized carbons (Fsp3) is 0.0833. The summed E-state index contributed by atoms with van der Waals surface area (Å²) in [6.07, 6.45) is 2.66. The van der Waals surface area contributed by atoms with Gasteiger partial charge in [0.1, 0.15) is 0 Å². The van der Waals surface area contributed by atoms with E-state index >= 15 is 0 Å². The Bertz CT molecular complexity index is 1240. The summed E-state index contributed by atoms with van der Waals surface area (Å²) in [7, 11) is 0. The van der Waals surface area contributed by atoms with Crippen molar-refractivity contribution < 1.29 is 4.79 Å². The van der Waals surface area contributed by atoms with E-state index in [0.717, 1.165) is 27.6 Å². The zero-order valence-corrected chi connectivity index (χ0v) is 16.3. The zero-order chi connectivity index (χ0) is 20.2. The Labute approximate surface area is 173 Å². The SMILES string of the molecule is N#Cc1cccc(-c2cccc(C(=O)NCCc3c[nH]c4ccc(Cl)cc34)c2)c1. The van der Waals surface area contributed by atoms with Gasteiger partial charge >= 0.3 is 0 Å². The Morgan fingerprint density at radius 3 is 2.66 bits per heavy atom. The van der Waals surface area contributed by atoms with Crippen LogP contribution in [0.15, 0.2) is 72.9 Å². The Balaban J connectivity index is 1.45. The molecule has 0 spiro atoms. The molecule has 4 aromatic rings. The van der Waals surface area contributed by atoms with E-state index in [0.29, 0.717) is 29.1 Å². The number of H-pyrrole nitrogens is 1. The second-order valence-electron chi connectivity index (χ2n) is 6.78. The Hall–Kier alpha value is -3.55. The molecule has 0 aliphatic heterocycles. The van der Waals surface area contributed by atoms with Gasteiger partial charge in [0, 0.05) is 34.2 Å². The molecule has 0 saturated carbocycles. The van der Waals surface area contributed by atoms with Gasteiger partial charge < -0.3 is 10.3 Å². The van der Waals surface area contributed by atoms with Crippen LogP contribution in [0, 0.1) is 11.3 Å². The van der Waals surface area contributed by atoms with Crippen LogP contribution in [0.3, 0.4) is 0 Å². The van der Waals surface area contributed by atoms with E-state index in [-0.39, 0.29) is 5.91 Å². The number of halogens is 1. The first kappa shape index (κ1) is 18.8. The highest BCUT2D eigenvalue weighted by Gasteiger charge is 2.09. The van der Waals surface area contributed by atoms with Gasteiger partial charge in [0.2, 0.25) is 0 Å². The number of nitrogens with one attached hydrogen (secondary N) is 2. The fourth-order valence-electron chi connectivity index (χ4n) is 3.38. The van der Waals surface area contributed by atoms with Gasteiger partial charge in [-0.05, 0) is 65.6 Å². The molecule has 0 bridgehead atoms. The third kappa shape index (κ3) is 4.16. The summed E-state index contributed by atoms with van der Waals surface area (Å²) in [5.41, 5.74) is 5.14. The molecule has 29 heavy (non-hydrogen) atoms. The largest absolute Gasteiger partial charge is 0.361 e. The highest BCUT2D eigenvalue weighted by Crippen LogP contribution is 2.23. The molecular weight excluding hydrogens is 382 g/mol. The molecule has 142 valence electrons. The molecule has 4 nitrogen and oxygen atoms in total. The normalized spacial score (nSPS) is 10.6. The summed E-state index contributed by atoms with van der Waals surface area (Å²) >= 11 is 6.10. The van der Waals surface area contributed by atoms with Crippen LogP contribution in [-0.4, -0.2) is 17.4 Å². The van der Waals surface area contributed by atoms with E-state index in [2.05, 4.69) is 16.4 Å². The molecule has 1 aromatic heterocycles. The summed E-state index contributed by atoms with van der Waals surface area (Å²) in [6, 6.07) is 22.7. The smallest absolute Gasteiger partial charge is 0.251 e. The monoisotopic (exact) mass is 399 g/mol. The Morgan fingerprint density at radius 1 is 1.03 bits per heavy atom. The lowest BCUT2D eigenvalue weighted by atomic mass is 10.0. The fourth-order valence-corrected chi connectivity index (χ4v) is 3.55. The quantitative estimate of drug-likeness (QED) is 0.476. The number of amides is 1. The van der Waals surface area contributed by atoms with Gasteiger partial charge in [0.25, 0.3) is 5.91 Å². The first-order chi connectivity index (χ1) is 14.1. The lowest BCUT2D eigenvalue weighted by Gasteiger charge is -2.08. The second kappa shape index (κ2) is 8.22. The summed E-state index contributed by atoms with van der Waals surface area (Å²) in [5, 5.41) is 13.8. The number of fused-ring (bicyclic) bond motifs is 1. The van der Waals surface area contributed by atoms with Crippen LogP contribution in [0.25, 0.3) is 22.0 Å². The predicted octanol–water partition coefficient (Wildman–Crippen LogP) is 5.33. The molecule has 5 heteroatoms. The number of carbonyl (C=O) groups excluding carboxylic acids is 1. The van der Waals surface area contributed by atoms with Crippen molar-refractivity contribution in [1.29, 1.82) is 5.26 Å². The van der Waals surface area contributed by atoms with E-state index in [9.17, 15) is 4.79 Å². The van der Waals surface area contributed by atoms with Crippen LogP contribution in [0.5, 0.6) is 0 Å². The standard InChI is InChI=1S/C24H18ClN3O/c25-21-7-8-23-22(13-21)20(15-28-23)9-10-27-24(29)19-6-2-5-18(12-19)17-4-1-3-16(11-17)14-26/h1-8,11-13,15,28H,9-10H2,(H,27,29). The summed E-state index contributed by atoms with van der Waals surface area (Å²) in [6.45, 7) is 0.520. The topological polar surface area (TPSA) is 68.7 Å². The zero-order valence-electron chi connectivity index (χ0n) is 15.6. The maximum Gasteiger partial charge on any atom is 0.251 e. The molecule has 0 radical (unpaired) electrons. The number of nitriles is 1. The van der Waals surface area contributed by atoms with Gasteiger partial charge in [-0.3, -0.25) is 4.79 Å². The van der Waals surface area contributed by atoms with Gasteiger partial charge in [0.05, 0.1) is 11.6 Å². The number of benzene rings is 3. The number of carbonyl (C=O) groups is 1. The first-order valence-electron chi connectivity index (χ1n) is 9.28. The van der Waals surface area contributed by atoms with Crippen LogP contribution >= 0.6 is 11.6 Å². The second-order valence-corrected chi connectivity index (χ2v) is 7.22. The van der Waals surface area contributed by atoms with E-state index in [4.69, 9.17) is 16.9 Å². The van der Waals surface area contributed by atoms with Gasteiger partial charge in [0.15, 0.2) is 0 Å². The molecule has 0 fully saturated rings. The number of rotatable bonds is 5. The molecule has 0 saturated heterocycles. The van der Waals surface area contributed by atoms with Gasteiger partial charge in [-0.25, -0.2) is 0 Å². The molecule has 4 rings (SSSR count). The third-order valence-electron chi connectivity index (χ3n) is 4.86. The number of hydrogen-bond donors (Lipinski definition) is 2. The number of aromatic nitrogens is 1. The van der Waals surface area contributed by atoms with E-state index in [1.807, 2.05) is 60.8 Å².